The summed E-state index contributed by atoms with van der Waals surface area (Å²) in [4.78, 5) is 6.52. The Kier molecular flexibility index (Phi) is 2.91. The van der Waals surface area contributed by atoms with Gasteiger partial charge >= 0.3 is 0 Å². The molecule has 2 aromatic rings. The van der Waals surface area contributed by atoms with E-state index < -0.39 is 0 Å². The van der Waals surface area contributed by atoms with Crippen LogP contribution in [0.1, 0.15) is 30.0 Å². The van der Waals surface area contributed by atoms with Crippen molar-refractivity contribution < 1.29 is 5.11 Å². The number of aliphatic hydroxyl groups is 1. The molecule has 0 unspecified atom stereocenters. The minimum atomic E-state index is -0.377. The van der Waals surface area contributed by atoms with E-state index in [9.17, 15) is 5.11 Å². The molecule has 4 rings (SSSR count). The van der Waals surface area contributed by atoms with Gasteiger partial charge in [-0.2, -0.15) is 0 Å². The van der Waals surface area contributed by atoms with E-state index in [1.807, 2.05) is 12.5 Å². The van der Waals surface area contributed by atoms with Gasteiger partial charge in [0, 0.05) is 17.8 Å². The van der Waals surface area contributed by atoms with Crippen LogP contribution in [0.2, 0.25) is 0 Å². The van der Waals surface area contributed by atoms with Crippen molar-refractivity contribution in [3.05, 3.63) is 54.1 Å². The Labute approximate surface area is 125 Å². The van der Waals surface area contributed by atoms with E-state index in [-0.39, 0.29) is 17.6 Å². The molecule has 21 heavy (non-hydrogen) atoms. The van der Waals surface area contributed by atoms with Crippen molar-refractivity contribution in [1.29, 1.82) is 0 Å². The van der Waals surface area contributed by atoms with Gasteiger partial charge in [0.25, 0.3) is 0 Å². The van der Waals surface area contributed by atoms with Gasteiger partial charge in [-0.1, -0.05) is 24.3 Å². The fraction of sp³-hybridized carbons (Fsp3) is 0.471. The van der Waals surface area contributed by atoms with Crippen molar-refractivity contribution in [2.24, 2.45) is 0 Å². The molecule has 1 spiro atoms. The van der Waals surface area contributed by atoms with Crippen molar-refractivity contribution in [2.45, 2.75) is 30.4 Å². The van der Waals surface area contributed by atoms with E-state index in [2.05, 4.69) is 45.8 Å². The molecule has 0 saturated carbocycles. The van der Waals surface area contributed by atoms with Crippen molar-refractivity contribution in [3.63, 3.8) is 0 Å². The highest BCUT2D eigenvalue weighted by Crippen LogP contribution is 2.51. The van der Waals surface area contributed by atoms with E-state index in [1.165, 1.54) is 11.1 Å². The summed E-state index contributed by atoms with van der Waals surface area (Å²) in [5, 5.41) is 11.2. The van der Waals surface area contributed by atoms with Crippen LogP contribution in [0.15, 0.2) is 43.0 Å². The van der Waals surface area contributed by atoms with Crippen LogP contribution in [0.5, 0.6) is 0 Å². The monoisotopic (exact) mass is 283 g/mol. The number of fused-ring (bicyclic) bond motifs is 2. The Morgan fingerprint density at radius 1 is 1.24 bits per heavy atom. The third-order valence-electron chi connectivity index (χ3n) is 5.41. The van der Waals surface area contributed by atoms with E-state index in [4.69, 9.17) is 0 Å². The van der Waals surface area contributed by atoms with E-state index >= 15 is 0 Å². The zero-order valence-corrected chi connectivity index (χ0v) is 12.3. The molecular formula is C17H21N3O. The zero-order chi connectivity index (χ0) is 14.4. The minimum absolute atomic E-state index is 0.00731. The third kappa shape index (κ3) is 1.79. The zero-order valence-electron chi connectivity index (χ0n) is 12.3. The molecule has 0 radical (unpaired) electrons. The predicted molar refractivity (Wildman–Crippen MR) is 81.2 cm³/mol. The lowest BCUT2D eigenvalue weighted by molar-refractivity contribution is 0.0271. The molecule has 2 aliphatic rings. The largest absolute Gasteiger partial charge is 0.390 e. The van der Waals surface area contributed by atoms with Crippen LogP contribution in [0.25, 0.3) is 0 Å². The summed E-state index contributed by atoms with van der Waals surface area (Å²) in [6.07, 6.45) is 7.23. The first-order chi connectivity index (χ1) is 10.2. The van der Waals surface area contributed by atoms with Crippen molar-refractivity contribution in [2.75, 3.05) is 20.1 Å². The number of aliphatic hydroxyl groups excluding tert-OH is 1. The molecule has 2 heterocycles. The fourth-order valence-electron chi connectivity index (χ4n) is 4.18. The average Bonchev–Trinajstić information content (AvgIpc) is 3.09. The summed E-state index contributed by atoms with van der Waals surface area (Å²) in [6, 6.07) is 8.54. The molecular weight excluding hydrogens is 262 g/mol. The lowest BCUT2D eigenvalue weighted by Crippen LogP contribution is -2.47. The van der Waals surface area contributed by atoms with Crippen LogP contribution in [0.4, 0.5) is 0 Å². The molecule has 1 aliphatic carbocycles. The summed E-state index contributed by atoms with van der Waals surface area (Å²) in [5.41, 5.74) is 2.50. The van der Waals surface area contributed by atoms with Gasteiger partial charge in [-0.25, -0.2) is 4.98 Å². The molecule has 1 saturated heterocycles. The number of benzene rings is 1. The number of piperidine rings is 1. The molecule has 1 aliphatic heterocycles. The number of aromatic nitrogens is 2. The van der Waals surface area contributed by atoms with Gasteiger partial charge in [-0.3, -0.25) is 0 Å². The lowest BCUT2D eigenvalue weighted by atomic mass is 9.72. The Morgan fingerprint density at radius 2 is 2.00 bits per heavy atom. The summed E-state index contributed by atoms with van der Waals surface area (Å²) in [7, 11) is 2.16. The van der Waals surface area contributed by atoms with Crippen molar-refractivity contribution in [3.8, 4) is 0 Å². The van der Waals surface area contributed by atoms with Crippen molar-refractivity contribution in [1.82, 2.24) is 14.5 Å². The highest BCUT2D eigenvalue weighted by Gasteiger charge is 2.52. The van der Waals surface area contributed by atoms with E-state index in [0.29, 0.717) is 0 Å². The number of imidazole rings is 1. The Hall–Kier alpha value is -1.65. The second kappa shape index (κ2) is 4.68. The first-order valence-electron chi connectivity index (χ1n) is 7.66. The molecule has 1 aromatic carbocycles. The highest BCUT2D eigenvalue weighted by atomic mass is 16.3. The lowest BCUT2D eigenvalue weighted by Gasteiger charge is -2.41. The third-order valence-corrected chi connectivity index (χ3v) is 5.41. The molecule has 0 bridgehead atoms. The maximum atomic E-state index is 11.2. The number of likely N-dealkylation sites (tertiary alicyclic amines) is 1. The Morgan fingerprint density at radius 3 is 2.71 bits per heavy atom. The molecule has 0 amide bonds. The Bertz CT molecular complexity index is 629. The summed E-state index contributed by atoms with van der Waals surface area (Å²) >= 11 is 0. The number of hydrogen-bond acceptors (Lipinski definition) is 3. The van der Waals surface area contributed by atoms with Gasteiger partial charge in [0.15, 0.2) is 0 Å². The number of rotatable bonds is 1. The Balaban J connectivity index is 1.84. The van der Waals surface area contributed by atoms with Crippen LogP contribution < -0.4 is 0 Å². The SMILES string of the molecule is CN1CCC2(CC1)c1ccccc1[C@@H](n1ccnc1)[C@@H]2O. The van der Waals surface area contributed by atoms with Gasteiger partial charge in [0.1, 0.15) is 0 Å². The second-order valence-electron chi connectivity index (χ2n) is 6.45. The topological polar surface area (TPSA) is 41.3 Å². The van der Waals surface area contributed by atoms with E-state index in [1.54, 1.807) is 6.20 Å². The van der Waals surface area contributed by atoms with Crippen LogP contribution >= 0.6 is 0 Å². The average molecular weight is 283 g/mol. The molecule has 110 valence electrons. The maximum absolute atomic E-state index is 11.2. The standard InChI is InChI=1S/C17H21N3O/c1-19-9-6-17(7-10-19)14-5-3-2-4-13(14)15(16(17)21)20-11-8-18-12-20/h2-5,8,11-12,15-16,21H,6-7,9-10H2,1H3/t15-,16+/m1/s1. The van der Waals surface area contributed by atoms with Gasteiger partial charge in [-0.05, 0) is 44.1 Å². The molecule has 1 aromatic heterocycles. The minimum Gasteiger partial charge on any atom is -0.390 e. The number of hydrogen-bond donors (Lipinski definition) is 1. The van der Waals surface area contributed by atoms with Crippen LogP contribution in [-0.4, -0.2) is 45.8 Å². The normalized spacial score (nSPS) is 27.9. The first-order valence-corrected chi connectivity index (χ1v) is 7.66. The van der Waals surface area contributed by atoms with Crippen molar-refractivity contribution >= 4 is 0 Å². The van der Waals surface area contributed by atoms with Crippen LogP contribution in [-0.2, 0) is 5.41 Å². The first kappa shape index (κ1) is 13.0. The van der Waals surface area contributed by atoms with Gasteiger partial charge in [0.05, 0.1) is 18.5 Å². The smallest absolute Gasteiger partial charge is 0.0952 e. The summed E-state index contributed by atoms with van der Waals surface area (Å²) < 4.78 is 2.05. The highest BCUT2D eigenvalue weighted by molar-refractivity contribution is 5.45. The maximum Gasteiger partial charge on any atom is 0.0952 e. The second-order valence-corrected chi connectivity index (χ2v) is 6.45. The van der Waals surface area contributed by atoms with Gasteiger partial charge < -0.3 is 14.6 Å². The number of nitrogens with zero attached hydrogens (tertiary/aromatic N) is 3. The molecule has 2 atom stereocenters. The quantitative estimate of drug-likeness (QED) is 0.868. The fourth-order valence-corrected chi connectivity index (χ4v) is 4.18. The molecule has 4 heteroatoms. The van der Waals surface area contributed by atoms with Crippen LogP contribution in [0.3, 0.4) is 0 Å². The molecule has 4 nitrogen and oxygen atoms in total. The summed E-state index contributed by atoms with van der Waals surface area (Å²) in [5.74, 6) is 0. The van der Waals surface area contributed by atoms with Crippen LogP contribution in [0, 0.1) is 0 Å². The van der Waals surface area contributed by atoms with E-state index in [0.717, 1.165) is 25.9 Å². The predicted octanol–water partition coefficient (Wildman–Crippen LogP) is 1.81. The molecule has 1 N–H and O–H groups in total. The summed E-state index contributed by atoms with van der Waals surface area (Å²) in [6.45, 7) is 2.09. The van der Waals surface area contributed by atoms with Gasteiger partial charge in [0.2, 0.25) is 0 Å². The van der Waals surface area contributed by atoms with Gasteiger partial charge in [-0.15, -0.1) is 0 Å². The molecule has 1 fully saturated rings.